The minimum atomic E-state index is -3.57. The van der Waals surface area contributed by atoms with E-state index >= 15 is 0 Å². The second-order valence-corrected chi connectivity index (χ2v) is 10.3. The van der Waals surface area contributed by atoms with Crippen LogP contribution >= 0.6 is 7.82 Å². The van der Waals surface area contributed by atoms with Crippen molar-refractivity contribution in [1.82, 2.24) is 0 Å². The van der Waals surface area contributed by atoms with Crippen LogP contribution in [-0.2, 0) is 37.2 Å². The van der Waals surface area contributed by atoms with Crippen molar-refractivity contribution in [3.05, 3.63) is 25.3 Å². The van der Waals surface area contributed by atoms with Crippen LogP contribution in [0, 0.1) is 0 Å². The maximum Gasteiger partial charge on any atom is 0.474 e. The molecule has 0 aliphatic rings. The Morgan fingerprint density at radius 3 is 1.19 bits per heavy atom. The summed E-state index contributed by atoms with van der Waals surface area (Å²) in [6.45, 7) is 10.7. The molecule has 0 fully saturated rings. The van der Waals surface area contributed by atoms with Crippen molar-refractivity contribution < 1.29 is 37.2 Å². The number of phosphoric acid groups is 1. The van der Waals surface area contributed by atoms with Crippen molar-refractivity contribution in [2.75, 3.05) is 33.0 Å². The molecular formula is C27H49O8P. The fourth-order valence-corrected chi connectivity index (χ4v) is 4.56. The van der Waals surface area contributed by atoms with Gasteiger partial charge in [-0.15, -0.1) is 0 Å². The first-order chi connectivity index (χ1) is 17.5. The van der Waals surface area contributed by atoms with Gasteiger partial charge >= 0.3 is 19.8 Å². The number of phosphoric ester groups is 1. The van der Waals surface area contributed by atoms with Gasteiger partial charge < -0.3 is 9.47 Å². The average molecular weight is 533 g/mol. The van der Waals surface area contributed by atoms with E-state index in [1.54, 1.807) is 0 Å². The Hall–Kier alpha value is -1.47. The molecule has 0 unspecified atom stereocenters. The molecule has 0 aliphatic heterocycles. The number of unbranched alkanes of at least 4 members (excludes halogenated alkanes) is 12. The van der Waals surface area contributed by atoms with Crippen molar-refractivity contribution >= 4 is 19.8 Å². The molecule has 0 amide bonds. The Labute approximate surface area is 218 Å². The van der Waals surface area contributed by atoms with Gasteiger partial charge in [-0.05, 0) is 32.1 Å². The first-order valence-electron chi connectivity index (χ1n) is 13.6. The first-order valence-corrected chi connectivity index (χ1v) is 15.1. The van der Waals surface area contributed by atoms with Gasteiger partial charge in [0.25, 0.3) is 0 Å². The SMILES string of the molecule is C=CC(=O)OCCCCCCCOP(=O)(OCCCCCCC)OCCCCCCCOC(=O)C=C. The molecule has 210 valence electrons. The maximum atomic E-state index is 13.1. The normalized spacial score (nSPS) is 11.2. The average Bonchev–Trinajstić information content (AvgIpc) is 2.88. The van der Waals surface area contributed by atoms with Crippen LogP contribution < -0.4 is 0 Å². The van der Waals surface area contributed by atoms with Crippen LogP contribution in [0.3, 0.4) is 0 Å². The summed E-state index contributed by atoms with van der Waals surface area (Å²) < 4.78 is 39.7. The van der Waals surface area contributed by atoms with Gasteiger partial charge in [0.1, 0.15) is 0 Å². The molecular weight excluding hydrogens is 483 g/mol. The Kier molecular flexibility index (Phi) is 24.2. The number of carbonyl (C=O) groups is 2. The van der Waals surface area contributed by atoms with Gasteiger partial charge in [-0.3, -0.25) is 13.6 Å². The second kappa shape index (κ2) is 25.2. The van der Waals surface area contributed by atoms with Crippen molar-refractivity contribution in [2.45, 2.75) is 103 Å². The van der Waals surface area contributed by atoms with Crippen molar-refractivity contribution in [1.29, 1.82) is 0 Å². The standard InChI is InChI=1S/C27H49O8P/c1-4-7-8-11-18-23-33-36(30,34-24-19-14-9-12-16-21-31-26(28)5-2)35-25-20-15-10-13-17-22-32-27(29)6-3/h5-6H,2-4,7-25H2,1H3. The summed E-state index contributed by atoms with van der Waals surface area (Å²) in [6, 6.07) is 0. The van der Waals surface area contributed by atoms with Crippen molar-refractivity contribution in [3.8, 4) is 0 Å². The molecule has 0 aliphatic carbocycles. The van der Waals surface area contributed by atoms with Crippen LogP contribution in [0.25, 0.3) is 0 Å². The topological polar surface area (TPSA) is 97.4 Å². The quantitative estimate of drug-likeness (QED) is 0.0465. The van der Waals surface area contributed by atoms with Crippen LogP contribution in [0.1, 0.15) is 103 Å². The summed E-state index contributed by atoms with van der Waals surface area (Å²) in [6.07, 6.45) is 16.6. The molecule has 0 radical (unpaired) electrons. The Morgan fingerprint density at radius 1 is 0.556 bits per heavy atom. The molecule has 0 N–H and O–H groups in total. The predicted octanol–water partition coefficient (Wildman–Crippen LogP) is 7.47. The molecule has 0 aromatic heterocycles. The molecule has 0 atom stereocenters. The van der Waals surface area contributed by atoms with E-state index < -0.39 is 19.8 Å². The third-order valence-corrected chi connectivity index (χ3v) is 6.89. The zero-order valence-corrected chi connectivity index (χ0v) is 23.3. The lowest BCUT2D eigenvalue weighted by molar-refractivity contribution is -0.138. The molecule has 9 heteroatoms. The minimum Gasteiger partial charge on any atom is -0.463 e. The second-order valence-electron chi connectivity index (χ2n) is 8.64. The summed E-state index contributed by atoms with van der Waals surface area (Å²) in [5.74, 6) is -0.785. The van der Waals surface area contributed by atoms with Crippen LogP contribution in [0.4, 0.5) is 0 Å². The molecule has 0 saturated heterocycles. The Morgan fingerprint density at radius 2 is 0.861 bits per heavy atom. The predicted molar refractivity (Wildman–Crippen MR) is 143 cm³/mol. The maximum absolute atomic E-state index is 13.1. The van der Waals surface area contributed by atoms with Gasteiger partial charge in [-0.1, -0.05) is 84.3 Å². The van der Waals surface area contributed by atoms with E-state index in [4.69, 9.17) is 23.0 Å². The molecule has 8 nitrogen and oxygen atoms in total. The minimum absolute atomic E-state index is 0.321. The van der Waals surface area contributed by atoms with Gasteiger partial charge in [-0.2, -0.15) is 0 Å². The molecule has 0 heterocycles. The van der Waals surface area contributed by atoms with Crippen molar-refractivity contribution in [3.63, 3.8) is 0 Å². The summed E-state index contributed by atoms with van der Waals surface area (Å²) in [7, 11) is -3.57. The number of esters is 2. The van der Waals surface area contributed by atoms with E-state index in [2.05, 4.69) is 20.1 Å². The molecule has 0 rings (SSSR count). The molecule has 36 heavy (non-hydrogen) atoms. The number of ether oxygens (including phenoxy) is 2. The summed E-state index contributed by atoms with van der Waals surface area (Å²) in [5, 5.41) is 0. The lowest BCUT2D eigenvalue weighted by Gasteiger charge is -2.18. The highest BCUT2D eigenvalue weighted by atomic mass is 31.2. The van der Waals surface area contributed by atoms with E-state index in [1.807, 2.05) is 0 Å². The lowest BCUT2D eigenvalue weighted by atomic mass is 10.1. The number of hydrogen-bond acceptors (Lipinski definition) is 8. The fraction of sp³-hybridized carbons (Fsp3) is 0.778. The van der Waals surface area contributed by atoms with E-state index in [0.29, 0.717) is 33.0 Å². The monoisotopic (exact) mass is 532 g/mol. The number of rotatable bonds is 27. The summed E-state index contributed by atoms with van der Waals surface area (Å²) in [5.41, 5.74) is 0. The highest BCUT2D eigenvalue weighted by Crippen LogP contribution is 2.50. The van der Waals surface area contributed by atoms with Gasteiger partial charge in [0.15, 0.2) is 0 Å². The van der Waals surface area contributed by atoms with E-state index in [9.17, 15) is 14.2 Å². The van der Waals surface area contributed by atoms with E-state index in [-0.39, 0.29) is 0 Å². The Bertz CT molecular complexity index is 581. The van der Waals surface area contributed by atoms with Crippen molar-refractivity contribution in [2.24, 2.45) is 0 Å². The number of carbonyl (C=O) groups excluding carboxylic acids is 2. The fourth-order valence-electron chi connectivity index (χ4n) is 3.28. The lowest BCUT2D eigenvalue weighted by Crippen LogP contribution is -2.05. The van der Waals surface area contributed by atoms with E-state index in [0.717, 1.165) is 95.6 Å². The smallest absolute Gasteiger partial charge is 0.463 e. The molecule has 0 saturated carbocycles. The zero-order chi connectivity index (χ0) is 26.7. The Balaban J connectivity index is 4.09. The summed E-state index contributed by atoms with van der Waals surface area (Å²) in [4.78, 5) is 22.0. The van der Waals surface area contributed by atoms with Crippen LogP contribution in [0.2, 0.25) is 0 Å². The van der Waals surface area contributed by atoms with Crippen LogP contribution in [0.15, 0.2) is 25.3 Å². The van der Waals surface area contributed by atoms with Gasteiger partial charge in [0.2, 0.25) is 0 Å². The van der Waals surface area contributed by atoms with Crippen LogP contribution in [0.5, 0.6) is 0 Å². The molecule has 0 bridgehead atoms. The summed E-state index contributed by atoms with van der Waals surface area (Å²) >= 11 is 0. The molecule has 0 spiro atoms. The first kappa shape index (κ1) is 34.5. The third-order valence-electron chi connectivity index (χ3n) is 5.40. The highest BCUT2D eigenvalue weighted by Gasteiger charge is 2.26. The third kappa shape index (κ3) is 23.0. The van der Waals surface area contributed by atoms with Crippen LogP contribution in [-0.4, -0.2) is 45.0 Å². The zero-order valence-electron chi connectivity index (χ0n) is 22.4. The van der Waals surface area contributed by atoms with Gasteiger partial charge in [0, 0.05) is 12.2 Å². The molecule has 0 aromatic carbocycles. The van der Waals surface area contributed by atoms with E-state index in [1.165, 1.54) is 12.8 Å². The highest BCUT2D eigenvalue weighted by molar-refractivity contribution is 7.48. The van der Waals surface area contributed by atoms with Gasteiger partial charge in [0.05, 0.1) is 33.0 Å². The molecule has 0 aromatic rings. The largest absolute Gasteiger partial charge is 0.474 e. The number of hydrogen-bond donors (Lipinski definition) is 0. The van der Waals surface area contributed by atoms with Gasteiger partial charge in [-0.25, -0.2) is 14.2 Å².